The maximum absolute atomic E-state index is 14.1. The van der Waals surface area contributed by atoms with E-state index < -0.39 is 11.7 Å². The summed E-state index contributed by atoms with van der Waals surface area (Å²) in [6, 6.07) is 8.27. The molecule has 0 aliphatic carbocycles. The number of anilines is 2. The van der Waals surface area contributed by atoms with Gasteiger partial charge < -0.3 is 16.0 Å². The van der Waals surface area contributed by atoms with Crippen LogP contribution in [0.1, 0.15) is 27.0 Å². The highest BCUT2D eigenvalue weighted by Gasteiger charge is 2.19. The van der Waals surface area contributed by atoms with E-state index in [4.69, 9.17) is 22.3 Å². The van der Waals surface area contributed by atoms with Crippen LogP contribution in [0.25, 0.3) is 17.1 Å². The number of nitrogen functional groups attached to an aromatic ring is 1. The van der Waals surface area contributed by atoms with Crippen molar-refractivity contribution in [2.75, 3.05) is 24.6 Å². The number of benzene rings is 2. The molecule has 8 nitrogen and oxygen atoms in total. The number of carbonyl (C=O) groups excluding carboxylic acids is 1. The average Bonchev–Trinajstić information content (AvgIpc) is 3.31. The van der Waals surface area contributed by atoms with Crippen LogP contribution in [0.3, 0.4) is 0 Å². The highest BCUT2D eigenvalue weighted by atomic mass is 35.5. The summed E-state index contributed by atoms with van der Waals surface area (Å²) in [6.07, 6.45) is 5.48. The number of fused-ring (bicyclic) bond motifs is 1. The van der Waals surface area contributed by atoms with Gasteiger partial charge in [0.15, 0.2) is 11.6 Å². The molecule has 0 spiro atoms. The van der Waals surface area contributed by atoms with Crippen molar-refractivity contribution < 1.29 is 9.18 Å². The lowest BCUT2D eigenvalue weighted by Gasteiger charge is -2.27. The Morgan fingerprint density at radius 3 is 2.86 bits per heavy atom. The Morgan fingerprint density at radius 1 is 1.23 bits per heavy atom. The lowest BCUT2D eigenvalue weighted by Crippen LogP contribution is -2.27. The number of halogens is 2. The Hall–Kier alpha value is -3.82. The molecule has 1 aliphatic rings. The van der Waals surface area contributed by atoms with E-state index in [1.54, 1.807) is 6.20 Å². The molecule has 3 N–H and O–H groups in total. The molecular formula is C25H23ClFN7O. The first-order valence-corrected chi connectivity index (χ1v) is 11.4. The van der Waals surface area contributed by atoms with Gasteiger partial charge in [0, 0.05) is 29.9 Å². The number of carbonyl (C=O) groups is 1. The Labute approximate surface area is 206 Å². The third-order valence-electron chi connectivity index (χ3n) is 6.07. The van der Waals surface area contributed by atoms with Gasteiger partial charge in [0.1, 0.15) is 5.82 Å². The highest BCUT2D eigenvalue weighted by molar-refractivity contribution is 6.30. The third kappa shape index (κ3) is 4.60. The van der Waals surface area contributed by atoms with Crippen LogP contribution in [-0.2, 0) is 13.0 Å². The maximum atomic E-state index is 14.1. The number of hydrogen-bond donors (Lipinski definition) is 2. The van der Waals surface area contributed by atoms with Crippen LogP contribution < -0.4 is 11.1 Å². The predicted molar refractivity (Wildman–Crippen MR) is 133 cm³/mol. The van der Waals surface area contributed by atoms with Gasteiger partial charge in [-0.1, -0.05) is 11.6 Å². The zero-order valence-corrected chi connectivity index (χ0v) is 20.0. The van der Waals surface area contributed by atoms with Crippen LogP contribution in [0.2, 0.25) is 5.02 Å². The topological polar surface area (TPSA) is 102 Å². The van der Waals surface area contributed by atoms with Crippen molar-refractivity contribution in [2.45, 2.75) is 19.9 Å². The zero-order valence-electron chi connectivity index (χ0n) is 19.2. The fourth-order valence-electron chi connectivity index (χ4n) is 4.25. The fourth-order valence-corrected chi connectivity index (χ4v) is 4.41. The number of aryl methyl sites for hydroxylation is 1. The Balaban J connectivity index is 1.44. The molecule has 35 heavy (non-hydrogen) atoms. The van der Waals surface area contributed by atoms with Crippen LogP contribution >= 0.6 is 11.6 Å². The molecule has 0 fully saturated rings. The standard InChI is InChI=1S/C25H23ClFN7O/c1-14-7-15(8-16-12-33(2)6-5-19(14)16)22-11-29-23(28)24(31-22)34-13-17(10-30-34)25(35)32-21-4-3-18(26)9-20(21)27/h3-4,7-11,13H,5-6,12H2,1-2H3,(H2,28,29)(H,32,35). The van der Waals surface area contributed by atoms with Crippen LogP contribution in [0.15, 0.2) is 48.9 Å². The summed E-state index contributed by atoms with van der Waals surface area (Å²) in [6.45, 7) is 4.03. The molecule has 0 atom stereocenters. The van der Waals surface area contributed by atoms with Gasteiger partial charge in [0.2, 0.25) is 0 Å². The van der Waals surface area contributed by atoms with Gasteiger partial charge in [-0.2, -0.15) is 5.10 Å². The minimum absolute atomic E-state index is 0.0156. The molecule has 1 amide bonds. The summed E-state index contributed by atoms with van der Waals surface area (Å²) < 4.78 is 15.4. The van der Waals surface area contributed by atoms with E-state index in [1.807, 2.05) is 0 Å². The summed E-state index contributed by atoms with van der Waals surface area (Å²) in [4.78, 5) is 23.9. The molecule has 4 aromatic rings. The average molecular weight is 492 g/mol. The van der Waals surface area contributed by atoms with E-state index in [2.05, 4.69) is 46.4 Å². The second-order valence-electron chi connectivity index (χ2n) is 8.63. The molecule has 0 unspecified atom stereocenters. The molecule has 0 saturated carbocycles. The zero-order chi connectivity index (χ0) is 24.7. The van der Waals surface area contributed by atoms with Crippen molar-refractivity contribution in [3.8, 4) is 17.1 Å². The van der Waals surface area contributed by atoms with Crippen molar-refractivity contribution in [3.63, 3.8) is 0 Å². The van der Waals surface area contributed by atoms with E-state index in [-0.39, 0.29) is 22.1 Å². The Kier molecular flexibility index (Phi) is 5.96. The van der Waals surface area contributed by atoms with E-state index in [0.29, 0.717) is 11.5 Å². The summed E-state index contributed by atoms with van der Waals surface area (Å²) in [5, 5.41) is 6.98. The van der Waals surface area contributed by atoms with Crippen molar-refractivity contribution in [1.82, 2.24) is 24.6 Å². The molecule has 178 valence electrons. The van der Waals surface area contributed by atoms with Gasteiger partial charge in [-0.05, 0) is 67.4 Å². The van der Waals surface area contributed by atoms with Crippen molar-refractivity contribution in [1.29, 1.82) is 0 Å². The first-order valence-electron chi connectivity index (χ1n) is 11.0. The number of nitrogens with two attached hydrogens (primary N) is 1. The molecule has 0 radical (unpaired) electrons. The van der Waals surface area contributed by atoms with Crippen LogP contribution in [0.5, 0.6) is 0 Å². The maximum Gasteiger partial charge on any atom is 0.258 e. The van der Waals surface area contributed by atoms with Gasteiger partial charge in [0.05, 0.1) is 29.3 Å². The van der Waals surface area contributed by atoms with Gasteiger partial charge in [-0.15, -0.1) is 0 Å². The highest BCUT2D eigenvalue weighted by Crippen LogP contribution is 2.29. The molecule has 1 aliphatic heterocycles. The van der Waals surface area contributed by atoms with Gasteiger partial charge in [-0.25, -0.2) is 19.0 Å². The van der Waals surface area contributed by atoms with E-state index in [9.17, 15) is 9.18 Å². The van der Waals surface area contributed by atoms with E-state index in [0.717, 1.165) is 31.1 Å². The molecule has 2 aromatic heterocycles. The summed E-state index contributed by atoms with van der Waals surface area (Å²) in [5.74, 6) is -0.698. The van der Waals surface area contributed by atoms with Gasteiger partial charge >= 0.3 is 0 Å². The second-order valence-corrected chi connectivity index (χ2v) is 9.07. The minimum atomic E-state index is -0.632. The van der Waals surface area contributed by atoms with E-state index in [1.165, 1.54) is 45.9 Å². The first-order chi connectivity index (χ1) is 16.8. The molecule has 10 heteroatoms. The minimum Gasteiger partial charge on any atom is -0.381 e. The number of likely N-dealkylation sites (N-methyl/N-ethyl adjacent to an activating group) is 1. The van der Waals surface area contributed by atoms with Crippen molar-refractivity contribution >= 4 is 29.0 Å². The molecule has 5 rings (SSSR count). The molecule has 0 saturated heterocycles. The number of nitrogens with zero attached hydrogens (tertiary/aromatic N) is 5. The van der Waals surface area contributed by atoms with Gasteiger partial charge in [-0.3, -0.25) is 4.79 Å². The lowest BCUT2D eigenvalue weighted by atomic mass is 9.92. The van der Waals surface area contributed by atoms with E-state index >= 15 is 0 Å². The van der Waals surface area contributed by atoms with Crippen LogP contribution in [0.4, 0.5) is 15.9 Å². The quantitative estimate of drug-likeness (QED) is 0.442. The molecular weight excluding hydrogens is 469 g/mol. The van der Waals surface area contributed by atoms with Crippen LogP contribution in [-0.4, -0.2) is 44.1 Å². The first kappa shape index (κ1) is 22.9. The van der Waals surface area contributed by atoms with Crippen LogP contribution in [0, 0.1) is 12.7 Å². The van der Waals surface area contributed by atoms with Crippen molar-refractivity contribution in [2.24, 2.45) is 0 Å². The SMILES string of the molecule is Cc1cc(-c2cnc(N)c(-n3cc(C(=O)Nc4ccc(Cl)cc4F)cn3)n2)cc2c1CCN(C)C2. The second kappa shape index (κ2) is 9.09. The lowest BCUT2D eigenvalue weighted by molar-refractivity contribution is 0.102. The summed E-state index contributed by atoms with van der Waals surface area (Å²) in [7, 11) is 2.11. The monoisotopic (exact) mass is 491 g/mol. The predicted octanol–water partition coefficient (Wildman–Crippen LogP) is 4.25. The number of aromatic nitrogens is 4. The normalized spacial score (nSPS) is 13.5. The number of amides is 1. The van der Waals surface area contributed by atoms with Gasteiger partial charge in [0.25, 0.3) is 5.91 Å². The molecule has 3 heterocycles. The molecule has 2 aromatic carbocycles. The number of hydrogen-bond acceptors (Lipinski definition) is 6. The van der Waals surface area contributed by atoms with Crippen molar-refractivity contribution in [3.05, 3.63) is 82.0 Å². The largest absolute Gasteiger partial charge is 0.381 e. The fraction of sp³-hybridized carbons (Fsp3) is 0.200. The smallest absolute Gasteiger partial charge is 0.258 e. The molecule has 0 bridgehead atoms. The summed E-state index contributed by atoms with van der Waals surface area (Å²) >= 11 is 5.77. The number of rotatable bonds is 4. The Bertz CT molecular complexity index is 1450. The third-order valence-corrected chi connectivity index (χ3v) is 6.30. The number of nitrogens with one attached hydrogen (secondary N) is 1. The summed E-state index contributed by atoms with van der Waals surface area (Å²) in [5.41, 5.74) is 11.8. The Morgan fingerprint density at radius 2 is 2.06 bits per heavy atom.